The van der Waals surface area contributed by atoms with E-state index in [1.807, 2.05) is 18.2 Å². The first kappa shape index (κ1) is 12.3. The van der Waals surface area contributed by atoms with Gasteiger partial charge in [0, 0.05) is 6.20 Å². The molecule has 1 aliphatic carbocycles. The van der Waals surface area contributed by atoms with Gasteiger partial charge in [-0.2, -0.15) is 0 Å². The Labute approximate surface area is 104 Å². The van der Waals surface area contributed by atoms with E-state index >= 15 is 0 Å². The van der Waals surface area contributed by atoms with Crippen molar-refractivity contribution in [3.8, 4) is 0 Å². The number of amides is 2. The predicted octanol–water partition coefficient (Wildman–Crippen LogP) is 0.843. The lowest BCUT2D eigenvalue weighted by Gasteiger charge is -2.19. The Hall–Kier alpha value is -2.11. The summed E-state index contributed by atoms with van der Waals surface area (Å²) >= 11 is 0. The standard InChI is InChI=1S/C12H15N3O3/c1-8(14-11(17)18)10(16)15-12(5-6-12)9-4-2-3-7-13-9/h2-4,7-8,14H,5-6H2,1H3,(H,15,16)(H,17,18)/t8-/m0/s1. The molecule has 96 valence electrons. The van der Waals surface area contributed by atoms with E-state index in [9.17, 15) is 9.59 Å². The number of aromatic nitrogens is 1. The van der Waals surface area contributed by atoms with Crippen LogP contribution in [0.4, 0.5) is 4.79 Å². The SMILES string of the molecule is C[C@H](NC(=O)O)C(=O)NC1(c2ccccn2)CC1. The molecule has 0 unspecified atom stereocenters. The average Bonchev–Trinajstić information content (AvgIpc) is 3.10. The highest BCUT2D eigenvalue weighted by atomic mass is 16.4. The summed E-state index contributed by atoms with van der Waals surface area (Å²) < 4.78 is 0. The molecule has 2 amide bonds. The molecule has 1 fully saturated rings. The molecule has 18 heavy (non-hydrogen) atoms. The van der Waals surface area contributed by atoms with Crippen LogP contribution >= 0.6 is 0 Å². The van der Waals surface area contributed by atoms with E-state index < -0.39 is 17.7 Å². The summed E-state index contributed by atoms with van der Waals surface area (Å²) in [6.45, 7) is 1.51. The van der Waals surface area contributed by atoms with Crippen LogP contribution in [0.3, 0.4) is 0 Å². The zero-order chi connectivity index (χ0) is 13.2. The molecule has 3 N–H and O–H groups in total. The lowest BCUT2D eigenvalue weighted by atomic mass is 10.1. The second-order valence-corrected chi connectivity index (χ2v) is 4.46. The maximum absolute atomic E-state index is 11.8. The zero-order valence-corrected chi connectivity index (χ0v) is 10.0. The first-order chi connectivity index (χ1) is 8.53. The van der Waals surface area contributed by atoms with Crippen LogP contribution in [0.1, 0.15) is 25.5 Å². The van der Waals surface area contributed by atoms with Gasteiger partial charge in [0.05, 0.1) is 11.2 Å². The third-order valence-electron chi connectivity index (χ3n) is 3.00. The quantitative estimate of drug-likeness (QED) is 0.737. The summed E-state index contributed by atoms with van der Waals surface area (Å²) in [6, 6.07) is 4.77. The van der Waals surface area contributed by atoms with Crippen molar-refractivity contribution in [1.29, 1.82) is 0 Å². The van der Waals surface area contributed by atoms with Crippen LogP contribution in [0, 0.1) is 0 Å². The van der Waals surface area contributed by atoms with Crippen molar-refractivity contribution in [2.45, 2.75) is 31.3 Å². The second kappa shape index (κ2) is 4.64. The van der Waals surface area contributed by atoms with Crippen LogP contribution in [-0.2, 0) is 10.3 Å². The van der Waals surface area contributed by atoms with Gasteiger partial charge in [0.2, 0.25) is 5.91 Å². The molecule has 0 saturated heterocycles. The van der Waals surface area contributed by atoms with E-state index in [0.717, 1.165) is 18.5 Å². The summed E-state index contributed by atoms with van der Waals surface area (Å²) in [6.07, 6.45) is 2.13. The van der Waals surface area contributed by atoms with Crippen LogP contribution < -0.4 is 10.6 Å². The van der Waals surface area contributed by atoms with Gasteiger partial charge in [-0.1, -0.05) is 6.07 Å². The van der Waals surface area contributed by atoms with Gasteiger partial charge in [-0.05, 0) is 31.9 Å². The Bertz CT molecular complexity index is 457. The monoisotopic (exact) mass is 249 g/mol. The van der Waals surface area contributed by atoms with Crippen molar-refractivity contribution in [1.82, 2.24) is 15.6 Å². The lowest BCUT2D eigenvalue weighted by Crippen LogP contribution is -2.48. The molecule has 1 aliphatic rings. The summed E-state index contributed by atoms with van der Waals surface area (Å²) in [5, 5.41) is 13.6. The number of rotatable bonds is 4. The van der Waals surface area contributed by atoms with Gasteiger partial charge in [-0.15, -0.1) is 0 Å². The Kier molecular flexibility index (Phi) is 3.18. The van der Waals surface area contributed by atoms with E-state index in [2.05, 4.69) is 15.6 Å². The van der Waals surface area contributed by atoms with Gasteiger partial charge in [0.25, 0.3) is 0 Å². The molecule has 6 nitrogen and oxygen atoms in total. The van der Waals surface area contributed by atoms with Crippen molar-refractivity contribution in [3.63, 3.8) is 0 Å². The fourth-order valence-electron chi connectivity index (χ4n) is 1.81. The molecule has 1 atom stereocenters. The molecule has 1 aromatic rings. The number of hydrogen-bond acceptors (Lipinski definition) is 3. The number of carbonyl (C=O) groups excluding carboxylic acids is 1. The first-order valence-corrected chi connectivity index (χ1v) is 5.76. The second-order valence-electron chi connectivity index (χ2n) is 4.46. The summed E-state index contributed by atoms with van der Waals surface area (Å²) in [5.41, 5.74) is 0.410. The normalized spacial score (nSPS) is 17.6. The molecule has 0 radical (unpaired) electrons. The largest absolute Gasteiger partial charge is 0.465 e. The van der Waals surface area contributed by atoms with Gasteiger partial charge < -0.3 is 15.7 Å². The molecule has 6 heteroatoms. The number of carbonyl (C=O) groups is 2. The molecule has 0 spiro atoms. The third kappa shape index (κ3) is 2.58. The van der Waals surface area contributed by atoms with E-state index in [4.69, 9.17) is 5.11 Å². The van der Waals surface area contributed by atoms with Crippen molar-refractivity contribution >= 4 is 12.0 Å². The Morgan fingerprint density at radius 2 is 2.17 bits per heavy atom. The third-order valence-corrected chi connectivity index (χ3v) is 3.00. The molecule has 1 heterocycles. The van der Waals surface area contributed by atoms with E-state index in [-0.39, 0.29) is 5.91 Å². The fourth-order valence-corrected chi connectivity index (χ4v) is 1.81. The highest BCUT2D eigenvalue weighted by Gasteiger charge is 2.47. The smallest absolute Gasteiger partial charge is 0.405 e. The van der Waals surface area contributed by atoms with Gasteiger partial charge in [-0.3, -0.25) is 9.78 Å². The van der Waals surface area contributed by atoms with Crippen LogP contribution in [0.15, 0.2) is 24.4 Å². The van der Waals surface area contributed by atoms with Gasteiger partial charge in [0.15, 0.2) is 0 Å². The van der Waals surface area contributed by atoms with Crippen LogP contribution in [0.25, 0.3) is 0 Å². The molecule has 1 aromatic heterocycles. The van der Waals surface area contributed by atoms with E-state index in [0.29, 0.717) is 0 Å². The van der Waals surface area contributed by atoms with Gasteiger partial charge in [-0.25, -0.2) is 4.79 Å². The highest BCUT2D eigenvalue weighted by Crippen LogP contribution is 2.44. The number of nitrogens with zero attached hydrogens (tertiary/aromatic N) is 1. The van der Waals surface area contributed by atoms with Crippen LogP contribution in [-0.4, -0.2) is 28.1 Å². The van der Waals surface area contributed by atoms with Crippen molar-refractivity contribution in [2.75, 3.05) is 0 Å². The molecular formula is C12H15N3O3. The Morgan fingerprint density at radius 1 is 1.44 bits per heavy atom. The van der Waals surface area contributed by atoms with Crippen LogP contribution in [0.2, 0.25) is 0 Å². The Morgan fingerprint density at radius 3 is 2.67 bits per heavy atom. The molecule has 0 bridgehead atoms. The highest BCUT2D eigenvalue weighted by molar-refractivity contribution is 5.85. The van der Waals surface area contributed by atoms with Gasteiger partial charge in [0.1, 0.15) is 6.04 Å². The maximum Gasteiger partial charge on any atom is 0.405 e. The number of carboxylic acid groups (broad SMARTS) is 1. The number of nitrogens with one attached hydrogen (secondary N) is 2. The first-order valence-electron chi connectivity index (χ1n) is 5.76. The van der Waals surface area contributed by atoms with Crippen molar-refractivity contribution in [2.24, 2.45) is 0 Å². The number of hydrogen-bond donors (Lipinski definition) is 3. The van der Waals surface area contributed by atoms with Crippen molar-refractivity contribution < 1.29 is 14.7 Å². The summed E-state index contributed by atoms with van der Waals surface area (Å²) in [5.74, 6) is -0.333. The molecular weight excluding hydrogens is 234 g/mol. The minimum absolute atomic E-state index is 0.333. The minimum atomic E-state index is -1.21. The summed E-state index contributed by atoms with van der Waals surface area (Å²) in [4.78, 5) is 26.5. The molecule has 0 aromatic carbocycles. The predicted molar refractivity (Wildman–Crippen MR) is 63.9 cm³/mol. The van der Waals surface area contributed by atoms with Crippen molar-refractivity contribution in [3.05, 3.63) is 30.1 Å². The Balaban J connectivity index is 2.01. The van der Waals surface area contributed by atoms with E-state index in [1.165, 1.54) is 6.92 Å². The molecule has 2 rings (SSSR count). The topological polar surface area (TPSA) is 91.3 Å². The minimum Gasteiger partial charge on any atom is -0.465 e. The fraction of sp³-hybridized carbons (Fsp3) is 0.417. The molecule has 1 saturated carbocycles. The average molecular weight is 249 g/mol. The van der Waals surface area contributed by atoms with E-state index in [1.54, 1.807) is 6.20 Å². The summed E-state index contributed by atoms with van der Waals surface area (Å²) in [7, 11) is 0. The molecule has 0 aliphatic heterocycles. The van der Waals surface area contributed by atoms with Gasteiger partial charge >= 0.3 is 6.09 Å². The zero-order valence-electron chi connectivity index (χ0n) is 10.0. The maximum atomic E-state index is 11.8. The van der Waals surface area contributed by atoms with Crippen LogP contribution in [0.5, 0.6) is 0 Å². The number of pyridine rings is 1. The lowest BCUT2D eigenvalue weighted by molar-refractivity contribution is -0.123.